The summed E-state index contributed by atoms with van der Waals surface area (Å²) in [5.74, 6) is 1.55. The van der Waals surface area contributed by atoms with E-state index in [0.717, 1.165) is 5.75 Å². The van der Waals surface area contributed by atoms with Crippen molar-refractivity contribution in [2.24, 2.45) is 4.99 Å². The van der Waals surface area contributed by atoms with E-state index in [2.05, 4.69) is 47.9 Å². The zero-order valence-electron chi connectivity index (χ0n) is 18.9. The molecule has 0 amide bonds. The Morgan fingerprint density at radius 2 is 1.76 bits per heavy atom. The summed E-state index contributed by atoms with van der Waals surface area (Å²) < 4.78 is 16.9. The number of aromatic amines is 2. The maximum atomic E-state index is 11.7. The average Bonchev–Trinajstić information content (AvgIpc) is 2.76. The molecule has 9 heteroatoms. The molecule has 174 valence electrons. The van der Waals surface area contributed by atoms with E-state index in [1.54, 1.807) is 12.1 Å². The molecule has 0 aliphatic rings. The third-order valence-electron chi connectivity index (χ3n) is 4.72. The summed E-state index contributed by atoms with van der Waals surface area (Å²) in [5.41, 5.74) is 0.762. The van der Waals surface area contributed by atoms with Gasteiger partial charge in [0.2, 0.25) is 0 Å². The predicted octanol–water partition coefficient (Wildman–Crippen LogP) is 4.23. The molecule has 0 saturated heterocycles. The van der Waals surface area contributed by atoms with E-state index in [1.165, 1.54) is 25.1 Å². The second-order valence-electron chi connectivity index (χ2n) is 8.22. The van der Waals surface area contributed by atoms with E-state index in [0.29, 0.717) is 28.7 Å². The molecule has 3 rings (SSSR count). The summed E-state index contributed by atoms with van der Waals surface area (Å²) in [6.07, 6.45) is 2.66. The van der Waals surface area contributed by atoms with Crippen molar-refractivity contribution in [1.29, 1.82) is 0 Å². The Hall–Kier alpha value is -3.52. The van der Waals surface area contributed by atoms with Crippen LogP contribution in [0.3, 0.4) is 0 Å². The number of benzene rings is 2. The maximum Gasteiger partial charge on any atom is 0.325 e. The quantitative estimate of drug-likeness (QED) is 0.377. The molecule has 0 atom stereocenters. The number of halogens is 1. The molecule has 0 unspecified atom stereocenters. The fourth-order valence-corrected chi connectivity index (χ4v) is 3.23. The first kappa shape index (κ1) is 24.1. The van der Waals surface area contributed by atoms with E-state index in [-0.39, 0.29) is 17.7 Å². The Morgan fingerprint density at radius 3 is 2.39 bits per heavy atom. The molecule has 0 radical (unpaired) electrons. The van der Waals surface area contributed by atoms with Crippen LogP contribution in [0.2, 0.25) is 5.02 Å². The van der Waals surface area contributed by atoms with Crippen LogP contribution >= 0.6 is 11.6 Å². The van der Waals surface area contributed by atoms with Crippen molar-refractivity contribution >= 4 is 23.5 Å². The number of aromatic nitrogens is 2. The monoisotopic (exact) mass is 471 g/mol. The Kier molecular flexibility index (Phi) is 7.60. The third-order valence-corrected chi connectivity index (χ3v) is 5.00. The van der Waals surface area contributed by atoms with Crippen molar-refractivity contribution in [2.75, 3.05) is 20.3 Å². The first-order valence-electron chi connectivity index (χ1n) is 10.3. The highest BCUT2D eigenvalue weighted by Gasteiger charge is 2.14. The first-order chi connectivity index (χ1) is 15.7. The summed E-state index contributed by atoms with van der Waals surface area (Å²) in [6, 6.07) is 11.3. The Morgan fingerprint density at radius 1 is 1.06 bits per heavy atom. The molecule has 0 bridgehead atoms. The average molecular weight is 472 g/mol. The van der Waals surface area contributed by atoms with Gasteiger partial charge in [0, 0.05) is 12.4 Å². The van der Waals surface area contributed by atoms with Gasteiger partial charge >= 0.3 is 5.69 Å². The van der Waals surface area contributed by atoms with E-state index in [9.17, 15) is 9.59 Å². The maximum absolute atomic E-state index is 11.7. The summed E-state index contributed by atoms with van der Waals surface area (Å²) >= 11 is 6.38. The molecule has 0 aliphatic heterocycles. The van der Waals surface area contributed by atoms with Crippen LogP contribution in [0.5, 0.6) is 17.2 Å². The highest BCUT2D eigenvalue weighted by Crippen LogP contribution is 2.36. The SMILES string of the molecule is COc1cc(C=Nc2c[nH]c(=O)[nH]c2=O)cc(Cl)c1OCCOc1ccc(C(C)(C)C)cc1. The van der Waals surface area contributed by atoms with Gasteiger partial charge in [-0.1, -0.05) is 44.5 Å². The molecule has 33 heavy (non-hydrogen) atoms. The van der Waals surface area contributed by atoms with Crippen LogP contribution in [0.15, 0.2) is 57.2 Å². The molecule has 8 nitrogen and oxygen atoms in total. The molecular formula is C24H26ClN3O5. The minimum absolute atomic E-state index is 0.0534. The van der Waals surface area contributed by atoms with Crippen molar-refractivity contribution in [1.82, 2.24) is 9.97 Å². The lowest BCUT2D eigenvalue weighted by Crippen LogP contribution is -2.20. The van der Waals surface area contributed by atoms with E-state index in [1.807, 2.05) is 12.1 Å². The predicted molar refractivity (Wildman–Crippen MR) is 129 cm³/mol. The van der Waals surface area contributed by atoms with Crippen LogP contribution in [0, 0.1) is 0 Å². The van der Waals surface area contributed by atoms with Crippen molar-refractivity contribution < 1.29 is 14.2 Å². The van der Waals surface area contributed by atoms with Gasteiger partial charge in [-0.05, 0) is 40.8 Å². The fraction of sp³-hybridized carbons (Fsp3) is 0.292. The molecule has 3 aromatic rings. The number of nitrogens with zero attached hydrogens (tertiary/aromatic N) is 1. The van der Waals surface area contributed by atoms with E-state index < -0.39 is 11.2 Å². The number of H-pyrrole nitrogens is 2. The standard InChI is InChI=1S/C24H26ClN3O5/c1-24(2,3)16-5-7-17(8-6-16)32-9-10-33-21-18(25)11-15(12-20(21)31-4)13-26-19-14-27-23(30)28-22(19)29/h5-8,11-14H,9-10H2,1-4H3,(H2,27,28,29,30). The van der Waals surface area contributed by atoms with Crippen LogP contribution in [0.25, 0.3) is 0 Å². The number of nitrogens with one attached hydrogen (secondary N) is 2. The number of ether oxygens (including phenoxy) is 3. The zero-order chi connectivity index (χ0) is 24.0. The summed E-state index contributed by atoms with van der Waals surface area (Å²) in [5, 5.41) is 0.320. The number of methoxy groups -OCH3 is 1. The van der Waals surface area contributed by atoms with Gasteiger partial charge in [-0.3, -0.25) is 9.78 Å². The molecule has 0 spiro atoms. The number of rotatable bonds is 8. The summed E-state index contributed by atoms with van der Waals surface area (Å²) in [7, 11) is 1.50. The van der Waals surface area contributed by atoms with Crippen LogP contribution < -0.4 is 25.5 Å². The highest BCUT2D eigenvalue weighted by atomic mass is 35.5. The minimum Gasteiger partial charge on any atom is -0.493 e. The largest absolute Gasteiger partial charge is 0.493 e. The van der Waals surface area contributed by atoms with Crippen LogP contribution in [0.1, 0.15) is 31.9 Å². The highest BCUT2D eigenvalue weighted by molar-refractivity contribution is 6.32. The van der Waals surface area contributed by atoms with E-state index >= 15 is 0 Å². The first-order valence-corrected chi connectivity index (χ1v) is 10.6. The topological polar surface area (TPSA) is 106 Å². The van der Waals surface area contributed by atoms with Gasteiger partial charge in [0.05, 0.1) is 12.1 Å². The zero-order valence-corrected chi connectivity index (χ0v) is 19.7. The van der Waals surface area contributed by atoms with Crippen molar-refractivity contribution in [3.05, 3.63) is 79.6 Å². The molecule has 1 heterocycles. The number of hydrogen-bond donors (Lipinski definition) is 2. The van der Waals surface area contributed by atoms with Gasteiger partial charge in [-0.2, -0.15) is 0 Å². The number of aliphatic imine (C=N–C) groups is 1. The Balaban J connectivity index is 1.63. The van der Waals surface area contributed by atoms with Gasteiger partial charge in [-0.15, -0.1) is 0 Å². The lowest BCUT2D eigenvalue weighted by atomic mass is 9.87. The van der Waals surface area contributed by atoms with Gasteiger partial charge in [0.15, 0.2) is 11.5 Å². The lowest BCUT2D eigenvalue weighted by molar-refractivity contribution is 0.211. The Bertz CT molecular complexity index is 1240. The van der Waals surface area contributed by atoms with Crippen LogP contribution in [-0.4, -0.2) is 36.5 Å². The molecule has 2 N–H and O–H groups in total. The second-order valence-corrected chi connectivity index (χ2v) is 8.63. The summed E-state index contributed by atoms with van der Waals surface area (Å²) in [4.78, 5) is 31.4. The molecule has 0 fully saturated rings. The van der Waals surface area contributed by atoms with Crippen LogP contribution in [0.4, 0.5) is 5.69 Å². The molecular weight excluding hydrogens is 446 g/mol. The van der Waals surface area contributed by atoms with E-state index in [4.69, 9.17) is 25.8 Å². The minimum atomic E-state index is -0.601. The smallest absolute Gasteiger partial charge is 0.325 e. The van der Waals surface area contributed by atoms with Crippen molar-refractivity contribution in [3.8, 4) is 17.2 Å². The van der Waals surface area contributed by atoms with Crippen molar-refractivity contribution in [2.45, 2.75) is 26.2 Å². The lowest BCUT2D eigenvalue weighted by Gasteiger charge is -2.19. The fourth-order valence-electron chi connectivity index (χ4n) is 2.95. The molecule has 0 aliphatic carbocycles. The van der Waals surface area contributed by atoms with Gasteiger partial charge in [0.25, 0.3) is 5.56 Å². The Labute approximate surface area is 196 Å². The second kappa shape index (κ2) is 10.4. The summed E-state index contributed by atoms with van der Waals surface area (Å²) in [6.45, 7) is 7.07. The molecule has 2 aromatic carbocycles. The molecule has 1 aromatic heterocycles. The third kappa shape index (κ3) is 6.49. The normalized spacial score (nSPS) is 11.5. The van der Waals surface area contributed by atoms with Gasteiger partial charge in [-0.25, -0.2) is 9.79 Å². The molecule has 0 saturated carbocycles. The van der Waals surface area contributed by atoms with Gasteiger partial charge < -0.3 is 19.2 Å². The van der Waals surface area contributed by atoms with Crippen LogP contribution in [-0.2, 0) is 5.41 Å². The van der Waals surface area contributed by atoms with Crippen molar-refractivity contribution in [3.63, 3.8) is 0 Å². The van der Waals surface area contributed by atoms with Gasteiger partial charge in [0.1, 0.15) is 24.7 Å². The number of hydrogen-bond acceptors (Lipinski definition) is 6.